The molecule has 1 amide bonds. The van der Waals surface area contributed by atoms with Gasteiger partial charge < -0.3 is 34.9 Å². The van der Waals surface area contributed by atoms with E-state index in [-0.39, 0.29) is 13.0 Å². The topological polar surface area (TPSA) is 168 Å². The Morgan fingerprint density at radius 1 is 1.16 bits per heavy atom. The molecular formula is C7H16N2O8P2. The number of carbonyl (C=O) groups is 1. The van der Waals surface area contributed by atoms with Gasteiger partial charge in [-0.1, -0.05) is 0 Å². The lowest BCUT2D eigenvalue weighted by atomic mass is 10.2. The van der Waals surface area contributed by atoms with Crippen molar-refractivity contribution in [2.24, 2.45) is 0 Å². The maximum absolute atomic E-state index is 11.9. The molecule has 1 rings (SSSR count). The fourth-order valence-corrected chi connectivity index (χ4v) is 3.28. The molecule has 0 unspecified atom stereocenters. The van der Waals surface area contributed by atoms with E-state index in [1.807, 2.05) is 0 Å². The van der Waals surface area contributed by atoms with Crippen molar-refractivity contribution in [3.8, 4) is 0 Å². The van der Waals surface area contributed by atoms with E-state index < -0.39 is 45.8 Å². The van der Waals surface area contributed by atoms with E-state index in [0.717, 1.165) is 0 Å². The first-order valence-electron chi connectivity index (χ1n) is 5.27. The maximum atomic E-state index is 11.9. The average molecular weight is 318 g/mol. The van der Waals surface area contributed by atoms with Crippen molar-refractivity contribution in [3.05, 3.63) is 0 Å². The van der Waals surface area contributed by atoms with Gasteiger partial charge in [0.15, 0.2) is 0 Å². The fraction of sp³-hybridized carbons (Fsp3) is 0.857. The first-order valence-corrected chi connectivity index (χ1v) is 8.87. The standard InChI is InChI=1S/C7H16N2O8P2/c10-5-1-6(8-2-5)7(11)9(3-18(12,13)14)4-19(15,16)17/h5-6,8,10H,1-4H2,(H2,12,13,14)(H2,15,16,17)/t5-,6+/m1/s1. The van der Waals surface area contributed by atoms with Crippen molar-refractivity contribution in [2.75, 3.05) is 19.1 Å². The zero-order valence-corrected chi connectivity index (χ0v) is 11.6. The first kappa shape index (κ1) is 16.7. The van der Waals surface area contributed by atoms with Crippen molar-refractivity contribution in [1.29, 1.82) is 0 Å². The summed E-state index contributed by atoms with van der Waals surface area (Å²) in [6.07, 6.45) is -2.91. The third kappa shape index (κ3) is 6.11. The maximum Gasteiger partial charge on any atom is 0.344 e. The zero-order chi connectivity index (χ0) is 14.8. The van der Waals surface area contributed by atoms with Gasteiger partial charge in [-0.15, -0.1) is 0 Å². The van der Waals surface area contributed by atoms with Gasteiger partial charge in [-0.3, -0.25) is 13.9 Å². The highest BCUT2D eigenvalue weighted by Gasteiger charge is 2.36. The third-order valence-corrected chi connectivity index (χ3v) is 3.85. The Kier molecular flexibility index (Phi) is 5.28. The minimum absolute atomic E-state index is 0.0254. The lowest BCUT2D eigenvalue weighted by Crippen LogP contribution is -2.44. The first-order chi connectivity index (χ1) is 8.48. The summed E-state index contributed by atoms with van der Waals surface area (Å²) >= 11 is 0. The summed E-state index contributed by atoms with van der Waals surface area (Å²) in [6.45, 7) is 0.135. The summed E-state index contributed by atoms with van der Waals surface area (Å²) in [4.78, 5) is 47.6. The highest BCUT2D eigenvalue weighted by atomic mass is 31.2. The van der Waals surface area contributed by atoms with Gasteiger partial charge >= 0.3 is 15.2 Å². The molecule has 10 nitrogen and oxygen atoms in total. The van der Waals surface area contributed by atoms with Crippen molar-refractivity contribution < 1.29 is 38.6 Å². The molecule has 0 saturated carbocycles. The molecule has 6 N–H and O–H groups in total. The number of nitrogens with one attached hydrogen (secondary N) is 1. The molecule has 1 heterocycles. The van der Waals surface area contributed by atoms with Gasteiger partial charge in [0.1, 0.15) is 12.6 Å². The van der Waals surface area contributed by atoms with Crippen molar-refractivity contribution >= 4 is 21.1 Å². The van der Waals surface area contributed by atoms with Crippen molar-refractivity contribution in [2.45, 2.75) is 18.6 Å². The molecule has 0 bridgehead atoms. The Morgan fingerprint density at radius 2 is 1.63 bits per heavy atom. The number of hydrogen-bond acceptors (Lipinski definition) is 5. The second-order valence-corrected chi connectivity index (χ2v) is 7.57. The predicted octanol–water partition coefficient (Wildman–Crippen LogP) is -2.19. The van der Waals surface area contributed by atoms with Gasteiger partial charge in [0.05, 0.1) is 12.1 Å². The molecule has 1 saturated heterocycles. The predicted molar refractivity (Wildman–Crippen MR) is 63.1 cm³/mol. The molecule has 0 aromatic carbocycles. The molecule has 0 spiro atoms. The van der Waals surface area contributed by atoms with Crippen LogP contribution in [0, 0.1) is 0 Å². The van der Waals surface area contributed by atoms with Crippen LogP contribution in [0.3, 0.4) is 0 Å². The molecule has 1 aliphatic rings. The molecular weight excluding hydrogens is 302 g/mol. The SMILES string of the molecule is O=C([C@@H]1C[C@@H](O)CN1)N(CP(=O)(O)O)CP(=O)(O)O. The van der Waals surface area contributed by atoms with E-state index in [1.165, 1.54) is 0 Å². The molecule has 1 fully saturated rings. The Labute approximate surface area is 108 Å². The van der Waals surface area contributed by atoms with Crippen LogP contribution in [0.5, 0.6) is 0 Å². The van der Waals surface area contributed by atoms with Gasteiger partial charge in [0.2, 0.25) is 5.91 Å². The monoisotopic (exact) mass is 318 g/mol. The molecule has 0 aromatic heterocycles. The van der Waals surface area contributed by atoms with Gasteiger partial charge in [0.25, 0.3) is 0 Å². The highest BCUT2D eigenvalue weighted by molar-refractivity contribution is 7.52. The Hall–Kier alpha value is -0.310. The molecule has 0 aromatic rings. The number of nitrogens with zero attached hydrogens (tertiary/aromatic N) is 1. The van der Waals surface area contributed by atoms with Gasteiger partial charge in [-0.25, -0.2) is 0 Å². The Balaban J connectivity index is 2.80. The van der Waals surface area contributed by atoms with E-state index in [9.17, 15) is 19.0 Å². The van der Waals surface area contributed by atoms with Crippen LogP contribution in [-0.4, -0.2) is 66.7 Å². The summed E-state index contributed by atoms with van der Waals surface area (Å²) in [6, 6.07) is -0.909. The van der Waals surface area contributed by atoms with E-state index in [1.54, 1.807) is 0 Å². The summed E-state index contributed by atoms with van der Waals surface area (Å²) in [7, 11) is -9.29. The van der Waals surface area contributed by atoms with Gasteiger partial charge in [-0.05, 0) is 6.42 Å². The Morgan fingerprint density at radius 3 is 1.95 bits per heavy atom. The Bertz CT molecular complexity index is 407. The van der Waals surface area contributed by atoms with E-state index in [0.29, 0.717) is 4.90 Å². The molecule has 1 aliphatic heterocycles. The van der Waals surface area contributed by atoms with E-state index >= 15 is 0 Å². The fourth-order valence-electron chi connectivity index (χ4n) is 1.75. The van der Waals surface area contributed by atoms with Crippen LogP contribution in [0.4, 0.5) is 0 Å². The number of aliphatic hydroxyl groups excluding tert-OH is 1. The summed E-state index contributed by atoms with van der Waals surface area (Å²) < 4.78 is 21.8. The second kappa shape index (κ2) is 5.99. The van der Waals surface area contributed by atoms with Crippen LogP contribution in [0.15, 0.2) is 0 Å². The normalized spacial score (nSPS) is 24.5. The van der Waals surface area contributed by atoms with Crippen molar-refractivity contribution in [3.63, 3.8) is 0 Å². The summed E-state index contributed by atoms with van der Waals surface area (Å²) in [5, 5.41) is 11.9. The van der Waals surface area contributed by atoms with E-state index in [4.69, 9.17) is 19.6 Å². The van der Waals surface area contributed by atoms with Crippen LogP contribution in [0.1, 0.15) is 6.42 Å². The van der Waals surface area contributed by atoms with Crippen LogP contribution in [0.2, 0.25) is 0 Å². The molecule has 112 valence electrons. The molecule has 0 aliphatic carbocycles. The van der Waals surface area contributed by atoms with Crippen LogP contribution < -0.4 is 5.32 Å². The quantitative estimate of drug-likeness (QED) is 0.308. The number of rotatable bonds is 5. The summed E-state index contributed by atoms with van der Waals surface area (Å²) in [5.74, 6) is -0.858. The second-order valence-electron chi connectivity index (χ2n) is 4.34. The van der Waals surface area contributed by atoms with Crippen LogP contribution in [0.25, 0.3) is 0 Å². The minimum Gasteiger partial charge on any atom is -0.392 e. The number of aliphatic hydroxyl groups is 1. The lowest BCUT2D eigenvalue weighted by Gasteiger charge is -2.25. The van der Waals surface area contributed by atoms with Gasteiger partial charge in [-0.2, -0.15) is 0 Å². The molecule has 2 atom stereocenters. The van der Waals surface area contributed by atoms with Crippen LogP contribution >= 0.6 is 15.2 Å². The highest BCUT2D eigenvalue weighted by Crippen LogP contribution is 2.41. The smallest absolute Gasteiger partial charge is 0.344 e. The summed E-state index contributed by atoms with van der Waals surface area (Å²) in [5.41, 5.74) is 0. The molecule has 12 heteroatoms. The molecule has 0 radical (unpaired) electrons. The lowest BCUT2D eigenvalue weighted by molar-refractivity contribution is -0.132. The minimum atomic E-state index is -4.65. The number of amides is 1. The number of carbonyl (C=O) groups excluding carboxylic acids is 1. The number of hydrogen-bond donors (Lipinski definition) is 6. The largest absolute Gasteiger partial charge is 0.392 e. The third-order valence-electron chi connectivity index (χ3n) is 2.43. The molecule has 19 heavy (non-hydrogen) atoms. The van der Waals surface area contributed by atoms with Crippen molar-refractivity contribution in [1.82, 2.24) is 10.2 Å². The number of β-amino-alcohol motifs (C(OH)–C–C–N with tert-alkyl or cyclic N) is 1. The zero-order valence-electron chi connectivity index (χ0n) is 9.79. The van der Waals surface area contributed by atoms with E-state index in [2.05, 4.69) is 5.32 Å². The van der Waals surface area contributed by atoms with Gasteiger partial charge in [0, 0.05) is 6.54 Å². The van der Waals surface area contributed by atoms with Crippen LogP contribution in [-0.2, 0) is 13.9 Å². The average Bonchev–Trinajstić information content (AvgIpc) is 2.58.